The van der Waals surface area contributed by atoms with Gasteiger partial charge in [-0.15, -0.1) is 0 Å². The Morgan fingerprint density at radius 3 is 2.71 bits per heavy atom. The largest absolute Gasteiger partial charge is 0.426 e. The van der Waals surface area contributed by atoms with E-state index in [9.17, 15) is 4.79 Å². The van der Waals surface area contributed by atoms with Crippen LogP contribution in [0.2, 0.25) is 0 Å². The molecule has 0 saturated carbocycles. The minimum Gasteiger partial charge on any atom is -0.426 e. The van der Waals surface area contributed by atoms with Gasteiger partial charge < -0.3 is 9.72 Å². The Labute approximate surface area is 123 Å². The van der Waals surface area contributed by atoms with Crippen molar-refractivity contribution >= 4 is 16.9 Å². The van der Waals surface area contributed by atoms with Crippen LogP contribution in [0.1, 0.15) is 16.7 Å². The number of carbonyl (C=O) groups is 1. The lowest BCUT2D eigenvalue weighted by Crippen LogP contribution is -2.11. The maximum atomic E-state index is 12.1. The number of esters is 1. The number of aromatic nitrogens is 1. The number of aromatic amines is 1. The van der Waals surface area contributed by atoms with Crippen molar-refractivity contribution in [2.24, 2.45) is 0 Å². The molecule has 1 heterocycles. The van der Waals surface area contributed by atoms with E-state index in [4.69, 9.17) is 4.74 Å². The molecule has 1 aromatic heterocycles. The number of carbonyl (C=O) groups excluding carboxylic acids is 1. The molecule has 0 amide bonds. The molecule has 3 heteroatoms. The van der Waals surface area contributed by atoms with Gasteiger partial charge in [0.05, 0.1) is 6.42 Å². The maximum Gasteiger partial charge on any atom is 0.315 e. The Morgan fingerprint density at radius 2 is 1.90 bits per heavy atom. The number of benzene rings is 2. The molecule has 0 atom stereocenters. The summed E-state index contributed by atoms with van der Waals surface area (Å²) < 4.78 is 5.42. The van der Waals surface area contributed by atoms with Crippen molar-refractivity contribution < 1.29 is 9.53 Å². The standard InChI is InChI=1S/C18H17NO2/c1-12-7-8-15(9-13(12)2)21-18(20)10-14-11-19-17-6-4-3-5-16(14)17/h3-9,11,19H,10H2,1-2H3. The van der Waals surface area contributed by atoms with Crippen molar-refractivity contribution in [2.75, 3.05) is 0 Å². The molecule has 0 spiro atoms. The van der Waals surface area contributed by atoms with Gasteiger partial charge >= 0.3 is 5.97 Å². The third kappa shape index (κ3) is 2.82. The predicted molar refractivity (Wildman–Crippen MR) is 83.6 cm³/mol. The van der Waals surface area contributed by atoms with Gasteiger partial charge in [-0.05, 0) is 48.7 Å². The second-order valence-corrected chi connectivity index (χ2v) is 5.26. The highest BCUT2D eigenvalue weighted by Crippen LogP contribution is 2.20. The van der Waals surface area contributed by atoms with Gasteiger partial charge in [-0.25, -0.2) is 0 Å². The highest BCUT2D eigenvalue weighted by molar-refractivity contribution is 5.87. The first kappa shape index (κ1) is 13.4. The van der Waals surface area contributed by atoms with Crippen LogP contribution in [-0.4, -0.2) is 11.0 Å². The molecule has 0 fully saturated rings. The van der Waals surface area contributed by atoms with Crippen LogP contribution in [0.25, 0.3) is 10.9 Å². The minimum atomic E-state index is -0.247. The second kappa shape index (κ2) is 5.44. The van der Waals surface area contributed by atoms with Crippen molar-refractivity contribution in [1.82, 2.24) is 4.98 Å². The maximum absolute atomic E-state index is 12.1. The number of aryl methyl sites for hydroxylation is 2. The average Bonchev–Trinajstić information content (AvgIpc) is 2.86. The fraction of sp³-hybridized carbons (Fsp3) is 0.167. The zero-order valence-corrected chi connectivity index (χ0v) is 12.1. The van der Waals surface area contributed by atoms with Gasteiger partial charge in [0.2, 0.25) is 0 Å². The summed E-state index contributed by atoms with van der Waals surface area (Å²) in [5.41, 5.74) is 4.30. The summed E-state index contributed by atoms with van der Waals surface area (Å²) in [4.78, 5) is 15.2. The first-order valence-electron chi connectivity index (χ1n) is 6.96. The Hall–Kier alpha value is -2.55. The van der Waals surface area contributed by atoms with Crippen molar-refractivity contribution in [3.8, 4) is 5.75 Å². The molecule has 0 unspecified atom stereocenters. The van der Waals surface area contributed by atoms with Gasteiger partial charge in [-0.1, -0.05) is 24.3 Å². The fourth-order valence-electron chi connectivity index (χ4n) is 2.38. The fourth-order valence-corrected chi connectivity index (χ4v) is 2.38. The lowest BCUT2D eigenvalue weighted by molar-refractivity contribution is -0.133. The summed E-state index contributed by atoms with van der Waals surface area (Å²) in [5.74, 6) is 0.353. The van der Waals surface area contributed by atoms with E-state index >= 15 is 0 Å². The van der Waals surface area contributed by atoms with E-state index in [1.807, 2.05) is 62.5 Å². The number of hydrogen-bond donors (Lipinski definition) is 1. The Bertz CT molecular complexity index is 802. The molecule has 3 nitrogen and oxygen atoms in total. The molecule has 0 bridgehead atoms. The zero-order chi connectivity index (χ0) is 14.8. The molecule has 1 N–H and O–H groups in total. The zero-order valence-electron chi connectivity index (χ0n) is 12.1. The van der Waals surface area contributed by atoms with E-state index in [1.165, 1.54) is 5.56 Å². The number of ether oxygens (including phenoxy) is 1. The van der Waals surface area contributed by atoms with Gasteiger partial charge in [-0.2, -0.15) is 0 Å². The van der Waals surface area contributed by atoms with E-state index in [1.54, 1.807) is 0 Å². The molecule has 21 heavy (non-hydrogen) atoms. The van der Waals surface area contributed by atoms with Crippen LogP contribution in [0.5, 0.6) is 5.75 Å². The number of fused-ring (bicyclic) bond motifs is 1. The topological polar surface area (TPSA) is 42.1 Å². The lowest BCUT2D eigenvalue weighted by atomic mass is 10.1. The van der Waals surface area contributed by atoms with Crippen molar-refractivity contribution in [2.45, 2.75) is 20.3 Å². The summed E-state index contributed by atoms with van der Waals surface area (Å²) in [6, 6.07) is 13.6. The number of H-pyrrole nitrogens is 1. The SMILES string of the molecule is Cc1ccc(OC(=O)Cc2c[nH]c3ccccc23)cc1C. The van der Waals surface area contributed by atoms with E-state index < -0.39 is 0 Å². The quantitative estimate of drug-likeness (QED) is 0.583. The van der Waals surface area contributed by atoms with Gasteiger partial charge in [0, 0.05) is 17.1 Å². The third-order valence-electron chi connectivity index (χ3n) is 3.72. The highest BCUT2D eigenvalue weighted by Gasteiger charge is 2.11. The summed E-state index contributed by atoms with van der Waals surface area (Å²) >= 11 is 0. The van der Waals surface area contributed by atoms with Crippen LogP contribution in [0, 0.1) is 13.8 Å². The van der Waals surface area contributed by atoms with Crippen molar-refractivity contribution in [1.29, 1.82) is 0 Å². The molecule has 0 saturated heterocycles. The molecule has 0 aliphatic carbocycles. The number of para-hydroxylation sites is 1. The normalized spacial score (nSPS) is 10.8. The van der Waals surface area contributed by atoms with E-state index in [0.717, 1.165) is 22.0 Å². The van der Waals surface area contributed by atoms with Gasteiger partial charge in [-0.3, -0.25) is 4.79 Å². The monoisotopic (exact) mass is 279 g/mol. The number of nitrogens with one attached hydrogen (secondary N) is 1. The molecule has 2 aromatic carbocycles. The third-order valence-corrected chi connectivity index (χ3v) is 3.72. The highest BCUT2D eigenvalue weighted by atomic mass is 16.5. The summed E-state index contributed by atoms with van der Waals surface area (Å²) in [6.45, 7) is 4.04. The first-order valence-corrected chi connectivity index (χ1v) is 6.96. The van der Waals surface area contributed by atoms with Gasteiger partial charge in [0.1, 0.15) is 5.75 Å². The predicted octanol–water partition coefficient (Wildman–Crippen LogP) is 3.93. The number of hydrogen-bond acceptors (Lipinski definition) is 2. The van der Waals surface area contributed by atoms with Crippen molar-refractivity contribution in [3.63, 3.8) is 0 Å². The Kier molecular flexibility index (Phi) is 3.48. The second-order valence-electron chi connectivity index (χ2n) is 5.26. The van der Waals surface area contributed by atoms with Crippen molar-refractivity contribution in [3.05, 3.63) is 65.4 Å². The van der Waals surface area contributed by atoms with Gasteiger partial charge in [0.25, 0.3) is 0 Å². The minimum absolute atomic E-state index is 0.247. The van der Waals surface area contributed by atoms with Crippen LogP contribution >= 0.6 is 0 Å². The summed E-state index contributed by atoms with van der Waals surface area (Å²) in [5, 5.41) is 1.06. The van der Waals surface area contributed by atoms with Crippen LogP contribution in [-0.2, 0) is 11.2 Å². The molecule has 106 valence electrons. The molecular formula is C18H17NO2. The molecule has 3 rings (SSSR count). The van der Waals surface area contributed by atoms with Crippen LogP contribution < -0.4 is 4.74 Å². The Morgan fingerprint density at radius 1 is 1.10 bits per heavy atom. The molecule has 0 aliphatic heterocycles. The molecule has 0 aliphatic rings. The molecular weight excluding hydrogens is 262 g/mol. The van der Waals surface area contributed by atoms with E-state index in [2.05, 4.69) is 4.98 Å². The Balaban J connectivity index is 1.75. The molecule has 0 radical (unpaired) electrons. The van der Waals surface area contributed by atoms with E-state index in [-0.39, 0.29) is 12.4 Å². The van der Waals surface area contributed by atoms with Crippen LogP contribution in [0.4, 0.5) is 0 Å². The van der Waals surface area contributed by atoms with Gasteiger partial charge in [0.15, 0.2) is 0 Å². The molecule has 3 aromatic rings. The van der Waals surface area contributed by atoms with E-state index in [0.29, 0.717) is 5.75 Å². The average molecular weight is 279 g/mol. The van der Waals surface area contributed by atoms with Crippen LogP contribution in [0.15, 0.2) is 48.7 Å². The smallest absolute Gasteiger partial charge is 0.315 e. The first-order chi connectivity index (χ1) is 10.1. The summed E-state index contributed by atoms with van der Waals surface area (Å²) in [7, 11) is 0. The van der Waals surface area contributed by atoms with Crippen LogP contribution in [0.3, 0.4) is 0 Å². The lowest BCUT2D eigenvalue weighted by Gasteiger charge is -2.06. The summed E-state index contributed by atoms with van der Waals surface area (Å²) in [6.07, 6.45) is 2.13. The number of rotatable bonds is 3.